The van der Waals surface area contributed by atoms with E-state index in [-0.39, 0.29) is 10.9 Å². The highest BCUT2D eigenvalue weighted by molar-refractivity contribution is 7.80. The molecule has 2 aromatic rings. The number of benzene rings is 1. The summed E-state index contributed by atoms with van der Waals surface area (Å²) in [5.74, 6) is 0.890. The van der Waals surface area contributed by atoms with Crippen molar-refractivity contribution < 1.29 is 4.74 Å². The highest BCUT2D eigenvalue weighted by atomic mass is 35.5. The van der Waals surface area contributed by atoms with E-state index >= 15 is 0 Å². The molecule has 0 atom stereocenters. The second-order valence-electron chi connectivity index (χ2n) is 3.59. The van der Waals surface area contributed by atoms with Gasteiger partial charge in [-0.15, -0.1) is 0 Å². The highest BCUT2D eigenvalue weighted by Gasteiger charge is 2.10. The van der Waals surface area contributed by atoms with Crippen LogP contribution in [0.4, 0.5) is 0 Å². The molecule has 0 aliphatic carbocycles. The lowest BCUT2D eigenvalue weighted by Gasteiger charge is -2.08. The van der Waals surface area contributed by atoms with Crippen molar-refractivity contribution in [3.8, 4) is 11.6 Å². The van der Waals surface area contributed by atoms with Crippen LogP contribution in [0.25, 0.3) is 0 Å². The molecule has 1 heterocycles. The monoisotopic (exact) mass is 279 g/mol. The normalized spacial score (nSPS) is 10.1. The Morgan fingerprint density at radius 2 is 2.06 bits per heavy atom. The van der Waals surface area contributed by atoms with Gasteiger partial charge in [-0.05, 0) is 30.7 Å². The molecular weight excluding hydrogens is 270 g/mol. The average molecular weight is 280 g/mol. The molecule has 92 valence electrons. The smallest absolute Gasteiger partial charge is 0.248 e. The predicted molar refractivity (Wildman–Crippen MR) is 74.2 cm³/mol. The highest BCUT2D eigenvalue weighted by Crippen LogP contribution is 2.25. The van der Waals surface area contributed by atoms with E-state index in [9.17, 15) is 0 Å². The molecule has 0 radical (unpaired) electrons. The molecule has 1 aromatic heterocycles. The van der Waals surface area contributed by atoms with Gasteiger partial charge in [0.15, 0.2) is 5.69 Å². The van der Waals surface area contributed by atoms with Gasteiger partial charge in [-0.1, -0.05) is 23.8 Å². The van der Waals surface area contributed by atoms with E-state index in [0.29, 0.717) is 16.5 Å². The van der Waals surface area contributed by atoms with Crippen LogP contribution in [-0.2, 0) is 0 Å². The fraction of sp³-hybridized carbons (Fsp3) is 0.0833. The van der Waals surface area contributed by atoms with E-state index in [4.69, 9.17) is 34.3 Å². The third-order valence-corrected chi connectivity index (χ3v) is 2.86. The Hall–Kier alpha value is -1.72. The van der Waals surface area contributed by atoms with E-state index in [1.54, 1.807) is 18.2 Å². The number of halogens is 1. The average Bonchev–Trinajstić information content (AvgIpc) is 2.34. The molecule has 18 heavy (non-hydrogen) atoms. The minimum absolute atomic E-state index is 0.142. The van der Waals surface area contributed by atoms with Crippen molar-refractivity contribution in [1.29, 1.82) is 0 Å². The Kier molecular flexibility index (Phi) is 3.74. The maximum atomic E-state index is 5.94. The van der Waals surface area contributed by atoms with Crippen molar-refractivity contribution in [3.05, 3.63) is 46.9 Å². The summed E-state index contributed by atoms with van der Waals surface area (Å²) in [6.07, 6.45) is 3.02. The molecule has 0 bridgehead atoms. The summed E-state index contributed by atoms with van der Waals surface area (Å²) in [7, 11) is 0. The Morgan fingerprint density at radius 3 is 2.72 bits per heavy atom. The minimum atomic E-state index is 0.142. The first-order chi connectivity index (χ1) is 8.58. The predicted octanol–water partition coefficient (Wildman–Crippen LogP) is 2.86. The van der Waals surface area contributed by atoms with Crippen molar-refractivity contribution >= 4 is 28.8 Å². The number of nitrogens with zero attached hydrogens (tertiary/aromatic N) is 2. The summed E-state index contributed by atoms with van der Waals surface area (Å²) >= 11 is 10.8. The van der Waals surface area contributed by atoms with Gasteiger partial charge in [-0.3, -0.25) is 0 Å². The maximum Gasteiger partial charge on any atom is 0.248 e. The molecule has 0 unspecified atom stereocenters. The number of aromatic nitrogens is 2. The summed E-state index contributed by atoms with van der Waals surface area (Å²) in [5.41, 5.74) is 6.82. The molecule has 6 heteroatoms. The van der Waals surface area contributed by atoms with Gasteiger partial charge in [-0.25, -0.2) is 9.97 Å². The first kappa shape index (κ1) is 12.7. The largest absolute Gasteiger partial charge is 0.437 e. The summed E-state index contributed by atoms with van der Waals surface area (Å²) in [6, 6.07) is 5.30. The molecule has 0 aliphatic rings. The molecule has 0 fully saturated rings. The van der Waals surface area contributed by atoms with Crippen LogP contribution in [-0.4, -0.2) is 15.0 Å². The van der Waals surface area contributed by atoms with Crippen molar-refractivity contribution in [2.45, 2.75) is 6.92 Å². The van der Waals surface area contributed by atoms with E-state index in [2.05, 4.69) is 9.97 Å². The SMILES string of the molecule is Cc1cc(Oc2nccnc2C(N)=S)ccc1Cl. The van der Waals surface area contributed by atoms with E-state index in [1.165, 1.54) is 12.4 Å². The van der Waals surface area contributed by atoms with Crippen LogP contribution in [0.1, 0.15) is 11.3 Å². The third kappa shape index (κ3) is 2.75. The van der Waals surface area contributed by atoms with Crippen LogP contribution in [0, 0.1) is 6.92 Å². The first-order valence-electron chi connectivity index (χ1n) is 5.13. The molecule has 4 nitrogen and oxygen atoms in total. The van der Waals surface area contributed by atoms with Gasteiger partial charge >= 0.3 is 0 Å². The second kappa shape index (κ2) is 5.29. The van der Waals surface area contributed by atoms with Gasteiger partial charge in [-0.2, -0.15) is 0 Å². The fourth-order valence-corrected chi connectivity index (χ4v) is 1.62. The lowest BCUT2D eigenvalue weighted by atomic mass is 10.2. The van der Waals surface area contributed by atoms with Crippen LogP contribution in [0.3, 0.4) is 0 Å². The number of aryl methyl sites for hydroxylation is 1. The first-order valence-corrected chi connectivity index (χ1v) is 5.91. The minimum Gasteiger partial charge on any atom is -0.437 e. The van der Waals surface area contributed by atoms with Crippen LogP contribution >= 0.6 is 23.8 Å². The number of hydrogen-bond donors (Lipinski definition) is 1. The number of ether oxygens (including phenoxy) is 1. The van der Waals surface area contributed by atoms with Gasteiger partial charge < -0.3 is 10.5 Å². The molecule has 0 saturated carbocycles. The van der Waals surface area contributed by atoms with Gasteiger partial charge in [0.1, 0.15) is 10.7 Å². The quantitative estimate of drug-likeness (QED) is 0.876. The number of thiocarbonyl (C=S) groups is 1. The zero-order valence-corrected chi connectivity index (χ0v) is 11.1. The standard InChI is InChI=1S/C12H10ClN3OS/c1-7-6-8(2-3-9(7)13)17-12-10(11(14)18)15-4-5-16-12/h2-6H,1H3,(H2,14,18). The number of hydrogen-bond acceptors (Lipinski definition) is 4. The Balaban J connectivity index is 2.34. The topological polar surface area (TPSA) is 61.0 Å². The van der Waals surface area contributed by atoms with Crippen LogP contribution in [0.15, 0.2) is 30.6 Å². The Labute approximate surface area is 115 Å². The van der Waals surface area contributed by atoms with Crippen LogP contribution in [0.2, 0.25) is 5.02 Å². The molecule has 0 amide bonds. The molecule has 1 aromatic carbocycles. The van der Waals surface area contributed by atoms with Crippen molar-refractivity contribution in [1.82, 2.24) is 9.97 Å². The zero-order chi connectivity index (χ0) is 13.1. The third-order valence-electron chi connectivity index (χ3n) is 2.24. The van der Waals surface area contributed by atoms with Gasteiger partial charge in [0, 0.05) is 17.4 Å². The van der Waals surface area contributed by atoms with Gasteiger partial charge in [0.2, 0.25) is 5.88 Å². The van der Waals surface area contributed by atoms with Crippen LogP contribution in [0.5, 0.6) is 11.6 Å². The van der Waals surface area contributed by atoms with Crippen molar-refractivity contribution in [2.75, 3.05) is 0 Å². The summed E-state index contributed by atoms with van der Waals surface area (Å²) < 4.78 is 5.61. The van der Waals surface area contributed by atoms with Crippen LogP contribution < -0.4 is 10.5 Å². The maximum absolute atomic E-state index is 5.94. The lowest BCUT2D eigenvalue weighted by Crippen LogP contribution is -2.13. The molecule has 0 aliphatic heterocycles. The Morgan fingerprint density at radius 1 is 1.33 bits per heavy atom. The number of nitrogens with two attached hydrogens (primary N) is 1. The summed E-state index contributed by atoms with van der Waals surface area (Å²) in [6.45, 7) is 1.89. The molecule has 2 rings (SSSR count). The van der Waals surface area contributed by atoms with Crippen molar-refractivity contribution in [3.63, 3.8) is 0 Å². The molecule has 0 saturated heterocycles. The van der Waals surface area contributed by atoms with E-state index < -0.39 is 0 Å². The second-order valence-corrected chi connectivity index (χ2v) is 4.43. The number of rotatable bonds is 3. The van der Waals surface area contributed by atoms with E-state index in [1.807, 2.05) is 6.92 Å². The molecular formula is C12H10ClN3OS. The summed E-state index contributed by atoms with van der Waals surface area (Å²) in [5, 5.41) is 0.677. The van der Waals surface area contributed by atoms with Crippen molar-refractivity contribution in [2.24, 2.45) is 5.73 Å². The molecule has 0 spiro atoms. The zero-order valence-electron chi connectivity index (χ0n) is 9.55. The van der Waals surface area contributed by atoms with E-state index in [0.717, 1.165) is 5.56 Å². The van der Waals surface area contributed by atoms with Gasteiger partial charge in [0.25, 0.3) is 0 Å². The fourth-order valence-electron chi connectivity index (χ4n) is 1.36. The molecule has 2 N–H and O–H groups in total. The lowest BCUT2D eigenvalue weighted by molar-refractivity contribution is 0.458. The summed E-state index contributed by atoms with van der Waals surface area (Å²) in [4.78, 5) is 8.24. The Bertz CT molecular complexity index is 604. The van der Waals surface area contributed by atoms with Gasteiger partial charge in [0.05, 0.1) is 0 Å².